The van der Waals surface area contributed by atoms with Gasteiger partial charge in [-0.25, -0.2) is 13.1 Å². The molecule has 0 spiro atoms. The van der Waals surface area contributed by atoms with Crippen LogP contribution in [-0.2, 0) is 23.0 Å². The molecule has 0 saturated heterocycles. The SMILES string of the molecule is CCNC(=NCC(C)(C)NS(C)(=O)=O)N1CCc2ccccc2C1.I. The lowest BCUT2D eigenvalue weighted by molar-refractivity contribution is 0.374. The van der Waals surface area contributed by atoms with Gasteiger partial charge in [0.15, 0.2) is 5.96 Å². The summed E-state index contributed by atoms with van der Waals surface area (Å²) in [4.78, 5) is 6.89. The van der Waals surface area contributed by atoms with Crippen LogP contribution in [0, 0.1) is 0 Å². The van der Waals surface area contributed by atoms with Crippen LogP contribution in [-0.4, -0.2) is 50.7 Å². The van der Waals surface area contributed by atoms with Crippen molar-refractivity contribution in [2.75, 3.05) is 25.9 Å². The van der Waals surface area contributed by atoms with Crippen LogP contribution in [0.3, 0.4) is 0 Å². The molecule has 0 unspecified atom stereocenters. The Hall–Kier alpha value is -0.870. The zero-order valence-electron chi connectivity index (χ0n) is 15.4. The van der Waals surface area contributed by atoms with Gasteiger partial charge in [-0.05, 0) is 38.3 Å². The number of hydrogen-bond donors (Lipinski definition) is 2. The van der Waals surface area contributed by atoms with Gasteiger partial charge in [-0.3, -0.25) is 4.99 Å². The molecule has 0 fully saturated rings. The molecule has 0 aliphatic carbocycles. The van der Waals surface area contributed by atoms with Gasteiger partial charge < -0.3 is 10.2 Å². The maximum atomic E-state index is 11.5. The van der Waals surface area contributed by atoms with Crippen molar-refractivity contribution in [2.24, 2.45) is 4.99 Å². The number of rotatable bonds is 5. The second-order valence-electron chi connectivity index (χ2n) is 6.87. The Morgan fingerprint density at radius 2 is 1.92 bits per heavy atom. The molecule has 2 rings (SSSR count). The number of guanidine groups is 1. The van der Waals surface area contributed by atoms with E-state index in [0.717, 1.165) is 32.0 Å². The van der Waals surface area contributed by atoms with Gasteiger partial charge in [0, 0.05) is 25.2 Å². The molecule has 8 heteroatoms. The third-order valence-electron chi connectivity index (χ3n) is 3.85. The second kappa shape index (κ2) is 9.18. The van der Waals surface area contributed by atoms with Gasteiger partial charge >= 0.3 is 0 Å². The molecule has 142 valence electrons. The van der Waals surface area contributed by atoms with E-state index in [-0.39, 0.29) is 24.0 Å². The van der Waals surface area contributed by atoms with Gasteiger partial charge in [0.1, 0.15) is 0 Å². The summed E-state index contributed by atoms with van der Waals surface area (Å²) >= 11 is 0. The van der Waals surface area contributed by atoms with Crippen molar-refractivity contribution in [3.8, 4) is 0 Å². The van der Waals surface area contributed by atoms with Gasteiger partial charge in [0.05, 0.1) is 12.8 Å². The van der Waals surface area contributed by atoms with Crippen LogP contribution in [0.5, 0.6) is 0 Å². The molecule has 1 aliphatic heterocycles. The van der Waals surface area contributed by atoms with Crippen LogP contribution < -0.4 is 10.0 Å². The van der Waals surface area contributed by atoms with Crippen LogP contribution in [0.4, 0.5) is 0 Å². The van der Waals surface area contributed by atoms with E-state index in [2.05, 4.69) is 44.2 Å². The van der Waals surface area contributed by atoms with Crippen molar-refractivity contribution >= 4 is 40.0 Å². The smallest absolute Gasteiger partial charge is 0.209 e. The Morgan fingerprint density at radius 1 is 1.28 bits per heavy atom. The minimum absolute atomic E-state index is 0. The average Bonchev–Trinajstić information content (AvgIpc) is 2.48. The van der Waals surface area contributed by atoms with Crippen molar-refractivity contribution < 1.29 is 8.42 Å². The lowest BCUT2D eigenvalue weighted by Crippen LogP contribution is -2.48. The van der Waals surface area contributed by atoms with Crippen LogP contribution in [0.25, 0.3) is 0 Å². The maximum absolute atomic E-state index is 11.5. The lowest BCUT2D eigenvalue weighted by atomic mass is 10.0. The number of benzene rings is 1. The zero-order valence-corrected chi connectivity index (χ0v) is 18.5. The predicted octanol–water partition coefficient (Wildman–Crippen LogP) is 1.96. The van der Waals surface area contributed by atoms with E-state index in [1.807, 2.05) is 20.8 Å². The summed E-state index contributed by atoms with van der Waals surface area (Å²) in [6.07, 6.45) is 2.16. The topological polar surface area (TPSA) is 73.8 Å². The predicted molar refractivity (Wildman–Crippen MR) is 114 cm³/mol. The Morgan fingerprint density at radius 3 is 2.52 bits per heavy atom. The summed E-state index contributed by atoms with van der Waals surface area (Å²) < 4.78 is 25.6. The van der Waals surface area contributed by atoms with E-state index in [0.29, 0.717) is 6.54 Å². The lowest BCUT2D eigenvalue weighted by Gasteiger charge is -2.32. The number of hydrogen-bond acceptors (Lipinski definition) is 3. The normalized spacial score (nSPS) is 15.4. The van der Waals surface area contributed by atoms with Gasteiger partial charge in [-0.2, -0.15) is 0 Å². The fourth-order valence-electron chi connectivity index (χ4n) is 2.91. The molecule has 6 nitrogen and oxygen atoms in total. The molecule has 1 aromatic rings. The van der Waals surface area contributed by atoms with E-state index in [1.165, 1.54) is 17.4 Å². The van der Waals surface area contributed by atoms with Crippen LogP contribution in [0.15, 0.2) is 29.3 Å². The first-order valence-corrected chi connectivity index (χ1v) is 10.2. The largest absolute Gasteiger partial charge is 0.357 e. The van der Waals surface area contributed by atoms with E-state index in [1.54, 1.807) is 0 Å². The molecule has 0 atom stereocenters. The van der Waals surface area contributed by atoms with Crippen LogP contribution in [0.1, 0.15) is 31.9 Å². The Labute approximate surface area is 168 Å². The number of sulfonamides is 1. The summed E-state index contributed by atoms with van der Waals surface area (Å²) in [6, 6.07) is 8.47. The van der Waals surface area contributed by atoms with Crippen LogP contribution in [0.2, 0.25) is 0 Å². The molecular formula is C17H29IN4O2S. The molecule has 1 aromatic carbocycles. The minimum Gasteiger partial charge on any atom is -0.357 e. The number of aliphatic imine (C=N–C) groups is 1. The summed E-state index contributed by atoms with van der Waals surface area (Å²) in [6.45, 7) is 8.59. The van der Waals surface area contributed by atoms with Gasteiger partial charge in [-0.1, -0.05) is 24.3 Å². The third kappa shape index (κ3) is 7.10. The molecule has 0 amide bonds. The monoisotopic (exact) mass is 480 g/mol. The van der Waals surface area contributed by atoms with Gasteiger partial charge in [-0.15, -0.1) is 24.0 Å². The molecule has 25 heavy (non-hydrogen) atoms. The number of nitrogens with zero attached hydrogens (tertiary/aromatic N) is 2. The highest BCUT2D eigenvalue weighted by molar-refractivity contribution is 14.0. The molecule has 0 radical (unpaired) electrons. The summed E-state index contributed by atoms with van der Waals surface area (Å²) in [7, 11) is -3.26. The van der Waals surface area contributed by atoms with Gasteiger partial charge in [0.25, 0.3) is 0 Å². The number of fused-ring (bicyclic) bond motifs is 1. The van der Waals surface area contributed by atoms with Crippen LogP contribution >= 0.6 is 24.0 Å². The van der Waals surface area contributed by atoms with Crippen molar-refractivity contribution in [3.05, 3.63) is 35.4 Å². The molecule has 2 N–H and O–H groups in total. The van der Waals surface area contributed by atoms with E-state index in [4.69, 9.17) is 0 Å². The molecule has 1 aliphatic rings. The molecule has 1 heterocycles. The first kappa shape index (κ1) is 22.2. The Kier molecular flexibility index (Phi) is 8.14. The average molecular weight is 480 g/mol. The number of nitrogens with one attached hydrogen (secondary N) is 2. The summed E-state index contributed by atoms with van der Waals surface area (Å²) in [5.41, 5.74) is 2.09. The standard InChI is InChI=1S/C17H28N4O2S.HI/c1-5-18-16(19-13-17(2,3)20-24(4,22)23)21-11-10-14-8-6-7-9-15(14)12-21;/h6-9,20H,5,10-13H2,1-4H3,(H,18,19);1H. The minimum atomic E-state index is -3.26. The van der Waals surface area contributed by atoms with E-state index in [9.17, 15) is 8.42 Å². The summed E-state index contributed by atoms with van der Waals surface area (Å²) in [5, 5.41) is 3.32. The maximum Gasteiger partial charge on any atom is 0.209 e. The fraction of sp³-hybridized carbons (Fsp3) is 0.588. The Bertz CT molecular complexity index is 704. The van der Waals surface area contributed by atoms with Crippen molar-refractivity contribution in [1.82, 2.24) is 14.9 Å². The van der Waals surface area contributed by atoms with Crippen molar-refractivity contribution in [1.29, 1.82) is 0 Å². The second-order valence-corrected chi connectivity index (χ2v) is 8.62. The fourth-order valence-corrected chi connectivity index (χ4v) is 3.98. The van der Waals surface area contributed by atoms with Gasteiger partial charge in [0.2, 0.25) is 10.0 Å². The quantitative estimate of drug-likeness (QED) is 0.384. The third-order valence-corrected chi connectivity index (χ3v) is 4.77. The first-order valence-electron chi connectivity index (χ1n) is 8.29. The van der Waals surface area contributed by atoms with Crippen molar-refractivity contribution in [2.45, 2.75) is 39.3 Å². The zero-order chi connectivity index (χ0) is 17.8. The number of halogens is 1. The van der Waals surface area contributed by atoms with E-state index < -0.39 is 15.6 Å². The molecule has 0 saturated carbocycles. The highest BCUT2D eigenvalue weighted by atomic mass is 127. The van der Waals surface area contributed by atoms with Crippen molar-refractivity contribution in [3.63, 3.8) is 0 Å². The highest BCUT2D eigenvalue weighted by Gasteiger charge is 2.23. The summed E-state index contributed by atoms with van der Waals surface area (Å²) in [5.74, 6) is 0.829. The molecule has 0 aromatic heterocycles. The Balaban J connectivity index is 0.00000312. The van der Waals surface area contributed by atoms with E-state index >= 15 is 0 Å². The first-order chi connectivity index (χ1) is 11.2. The highest BCUT2D eigenvalue weighted by Crippen LogP contribution is 2.18. The molecule has 0 bridgehead atoms. The molecular weight excluding hydrogens is 451 g/mol.